The van der Waals surface area contributed by atoms with E-state index in [9.17, 15) is 14.9 Å². The number of carbonyl (C=O) groups is 1. The summed E-state index contributed by atoms with van der Waals surface area (Å²) in [6.45, 7) is 2.02. The molecule has 1 aliphatic carbocycles. The lowest BCUT2D eigenvalue weighted by molar-refractivity contribution is -0.384. The first-order valence-corrected chi connectivity index (χ1v) is 8.56. The first-order chi connectivity index (χ1) is 12.1. The minimum Gasteiger partial charge on any atom is -0.494 e. The summed E-state index contributed by atoms with van der Waals surface area (Å²) >= 11 is 0. The summed E-state index contributed by atoms with van der Waals surface area (Å²) in [5.74, 6) is 0.967. The van der Waals surface area contributed by atoms with Crippen molar-refractivity contribution in [3.05, 3.63) is 28.3 Å². The molecule has 1 aliphatic heterocycles. The predicted molar refractivity (Wildman–Crippen MR) is 91.9 cm³/mol. The molecule has 0 unspecified atom stereocenters. The number of ether oxygens (including phenoxy) is 2. The number of benzene rings is 1. The Labute approximate surface area is 146 Å². The fourth-order valence-electron chi connectivity index (χ4n) is 2.91. The lowest BCUT2D eigenvalue weighted by atomic mass is 10.1. The molecule has 2 fully saturated rings. The van der Waals surface area contributed by atoms with Crippen LogP contribution in [0.3, 0.4) is 0 Å². The smallest absolute Gasteiger partial charge is 0.322 e. The van der Waals surface area contributed by atoms with E-state index in [2.05, 4.69) is 5.32 Å². The van der Waals surface area contributed by atoms with Crippen LogP contribution in [0.4, 0.5) is 16.2 Å². The van der Waals surface area contributed by atoms with Crippen molar-refractivity contribution in [2.45, 2.75) is 31.8 Å². The SMILES string of the molecule is COc1cc([N+](=O)[O-])ccc1NC(=O)N1CCC[C@@H](OCC2CC2)C1. The number of rotatable bonds is 6. The highest BCUT2D eigenvalue weighted by atomic mass is 16.6. The van der Waals surface area contributed by atoms with Gasteiger partial charge in [-0.3, -0.25) is 10.1 Å². The lowest BCUT2D eigenvalue weighted by Gasteiger charge is -2.32. The molecule has 8 nitrogen and oxygen atoms in total. The number of carbonyl (C=O) groups excluding carboxylic acids is 1. The molecular formula is C17H23N3O5. The number of hydrogen-bond donors (Lipinski definition) is 1. The number of nitrogens with one attached hydrogen (secondary N) is 1. The molecule has 136 valence electrons. The molecule has 3 rings (SSSR count). The van der Waals surface area contributed by atoms with Crippen molar-refractivity contribution < 1.29 is 19.2 Å². The standard InChI is InChI=1S/C17H23N3O5/c1-24-16-9-13(20(22)23)6-7-15(16)18-17(21)19-8-2-3-14(10-19)25-11-12-4-5-12/h6-7,9,12,14H,2-5,8,10-11H2,1H3,(H,18,21)/t14-/m1/s1. The molecule has 1 atom stereocenters. The van der Waals surface area contributed by atoms with Crippen LogP contribution in [0.15, 0.2) is 18.2 Å². The molecule has 1 aromatic rings. The van der Waals surface area contributed by atoms with Gasteiger partial charge in [0.25, 0.3) is 5.69 Å². The number of nitro benzene ring substituents is 1. The van der Waals surface area contributed by atoms with E-state index in [1.165, 1.54) is 38.2 Å². The number of nitro groups is 1. The summed E-state index contributed by atoms with van der Waals surface area (Å²) in [7, 11) is 1.41. The Hall–Kier alpha value is -2.35. The second-order valence-electron chi connectivity index (χ2n) is 6.56. The van der Waals surface area contributed by atoms with Gasteiger partial charge in [-0.05, 0) is 37.7 Å². The molecule has 8 heteroatoms. The van der Waals surface area contributed by atoms with Crippen molar-refractivity contribution in [1.82, 2.24) is 4.90 Å². The lowest BCUT2D eigenvalue weighted by Crippen LogP contribution is -2.45. The Morgan fingerprint density at radius 3 is 2.88 bits per heavy atom. The number of anilines is 1. The van der Waals surface area contributed by atoms with Gasteiger partial charge in [-0.2, -0.15) is 0 Å². The summed E-state index contributed by atoms with van der Waals surface area (Å²) in [5.41, 5.74) is 0.334. The van der Waals surface area contributed by atoms with Gasteiger partial charge < -0.3 is 19.7 Å². The molecule has 2 amide bonds. The van der Waals surface area contributed by atoms with Gasteiger partial charge in [0.2, 0.25) is 0 Å². The van der Waals surface area contributed by atoms with Crippen molar-refractivity contribution >= 4 is 17.4 Å². The summed E-state index contributed by atoms with van der Waals surface area (Å²) in [6.07, 6.45) is 4.45. The van der Waals surface area contributed by atoms with Crippen LogP contribution < -0.4 is 10.1 Å². The zero-order chi connectivity index (χ0) is 17.8. The van der Waals surface area contributed by atoms with Gasteiger partial charge >= 0.3 is 6.03 Å². The van der Waals surface area contributed by atoms with Crippen molar-refractivity contribution in [3.63, 3.8) is 0 Å². The van der Waals surface area contributed by atoms with Crippen LogP contribution in [0, 0.1) is 16.0 Å². The molecule has 0 bridgehead atoms. The monoisotopic (exact) mass is 349 g/mol. The molecule has 1 saturated carbocycles. The average molecular weight is 349 g/mol. The van der Waals surface area contributed by atoms with Crippen LogP contribution in [0.5, 0.6) is 5.75 Å². The van der Waals surface area contributed by atoms with E-state index in [0.717, 1.165) is 19.4 Å². The third kappa shape index (κ3) is 4.60. The maximum Gasteiger partial charge on any atom is 0.322 e. The first-order valence-electron chi connectivity index (χ1n) is 8.56. The minimum absolute atomic E-state index is 0.0821. The van der Waals surface area contributed by atoms with Gasteiger partial charge in [-0.25, -0.2) is 4.79 Å². The molecule has 1 aromatic carbocycles. The van der Waals surface area contributed by atoms with Crippen LogP contribution in [0.2, 0.25) is 0 Å². The fraction of sp³-hybridized carbons (Fsp3) is 0.588. The van der Waals surface area contributed by atoms with Crippen LogP contribution in [-0.2, 0) is 4.74 Å². The van der Waals surface area contributed by atoms with Gasteiger partial charge in [-0.1, -0.05) is 0 Å². The van der Waals surface area contributed by atoms with Gasteiger partial charge in [0, 0.05) is 25.8 Å². The molecular weight excluding hydrogens is 326 g/mol. The predicted octanol–water partition coefficient (Wildman–Crippen LogP) is 3.03. The zero-order valence-corrected chi connectivity index (χ0v) is 14.3. The number of piperidine rings is 1. The highest BCUT2D eigenvalue weighted by Gasteiger charge is 2.28. The van der Waals surface area contributed by atoms with Crippen LogP contribution in [-0.4, -0.2) is 48.8 Å². The molecule has 0 aromatic heterocycles. The molecule has 1 heterocycles. The van der Waals surface area contributed by atoms with Crippen molar-refractivity contribution in [3.8, 4) is 5.75 Å². The fourth-order valence-corrected chi connectivity index (χ4v) is 2.91. The number of likely N-dealkylation sites (tertiary alicyclic amines) is 1. The van der Waals surface area contributed by atoms with E-state index in [4.69, 9.17) is 9.47 Å². The summed E-state index contributed by atoms with van der Waals surface area (Å²) < 4.78 is 11.1. The van der Waals surface area contributed by atoms with E-state index < -0.39 is 4.92 Å². The van der Waals surface area contributed by atoms with Crippen molar-refractivity contribution in [2.75, 3.05) is 32.1 Å². The van der Waals surface area contributed by atoms with Gasteiger partial charge in [-0.15, -0.1) is 0 Å². The molecule has 2 aliphatic rings. The van der Waals surface area contributed by atoms with Crippen molar-refractivity contribution in [1.29, 1.82) is 0 Å². The zero-order valence-electron chi connectivity index (χ0n) is 14.3. The molecule has 1 N–H and O–H groups in total. The Morgan fingerprint density at radius 1 is 1.40 bits per heavy atom. The second-order valence-corrected chi connectivity index (χ2v) is 6.56. The minimum atomic E-state index is -0.499. The number of amides is 2. The molecule has 25 heavy (non-hydrogen) atoms. The Kier molecular flexibility index (Phi) is 5.37. The highest BCUT2D eigenvalue weighted by molar-refractivity contribution is 5.91. The normalized spacial score (nSPS) is 20.2. The first kappa shape index (κ1) is 17.5. The van der Waals surface area contributed by atoms with E-state index in [-0.39, 0.29) is 23.6 Å². The highest BCUT2D eigenvalue weighted by Crippen LogP contribution is 2.31. The number of hydrogen-bond acceptors (Lipinski definition) is 5. The maximum absolute atomic E-state index is 12.5. The molecule has 0 radical (unpaired) electrons. The van der Waals surface area contributed by atoms with Gasteiger partial charge in [0.1, 0.15) is 5.75 Å². The number of nitrogens with zero attached hydrogens (tertiary/aromatic N) is 2. The Morgan fingerprint density at radius 2 is 2.20 bits per heavy atom. The van der Waals surface area contributed by atoms with Crippen LogP contribution in [0.1, 0.15) is 25.7 Å². The van der Waals surface area contributed by atoms with E-state index in [0.29, 0.717) is 24.7 Å². The number of methoxy groups -OCH3 is 1. The third-order valence-corrected chi connectivity index (χ3v) is 4.57. The maximum atomic E-state index is 12.5. The van der Waals surface area contributed by atoms with Crippen molar-refractivity contribution in [2.24, 2.45) is 5.92 Å². The second kappa shape index (κ2) is 7.69. The van der Waals surface area contributed by atoms with E-state index in [1.54, 1.807) is 4.90 Å². The van der Waals surface area contributed by atoms with Gasteiger partial charge in [0.15, 0.2) is 0 Å². The number of non-ortho nitro benzene ring substituents is 1. The molecule has 0 spiro atoms. The van der Waals surface area contributed by atoms with E-state index >= 15 is 0 Å². The summed E-state index contributed by atoms with van der Waals surface area (Å²) in [5, 5.41) is 13.6. The molecule has 1 saturated heterocycles. The van der Waals surface area contributed by atoms with Crippen LogP contribution >= 0.6 is 0 Å². The quantitative estimate of drug-likeness (QED) is 0.629. The Balaban J connectivity index is 1.59. The van der Waals surface area contributed by atoms with E-state index in [1.807, 2.05) is 0 Å². The summed E-state index contributed by atoms with van der Waals surface area (Å²) in [4.78, 5) is 24.6. The summed E-state index contributed by atoms with van der Waals surface area (Å²) in [6, 6.07) is 3.88. The van der Waals surface area contributed by atoms with Crippen LogP contribution in [0.25, 0.3) is 0 Å². The topological polar surface area (TPSA) is 93.9 Å². The number of urea groups is 1. The largest absolute Gasteiger partial charge is 0.494 e. The average Bonchev–Trinajstić information content (AvgIpc) is 3.44. The van der Waals surface area contributed by atoms with Gasteiger partial charge in [0.05, 0.1) is 29.9 Å². The Bertz CT molecular complexity index is 647. The third-order valence-electron chi connectivity index (χ3n) is 4.57.